The van der Waals surface area contributed by atoms with Gasteiger partial charge in [-0.2, -0.15) is 0 Å². The van der Waals surface area contributed by atoms with Crippen LogP contribution in [0.25, 0.3) is 0 Å². The van der Waals surface area contributed by atoms with Crippen molar-refractivity contribution in [3.8, 4) is 11.5 Å². The molecule has 1 atom stereocenters. The summed E-state index contributed by atoms with van der Waals surface area (Å²) in [7, 11) is -3.88. The van der Waals surface area contributed by atoms with Gasteiger partial charge in [0, 0.05) is 25.1 Å². The lowest BCUT2D eigenvalue weighted by Gasteiger charge is -2.34. The van der Waals surface area contributed by atoms with Gasteiger partial charge in [0.1, 0.15) is 12.6 Å². The smallest absolute Gasteiger partial charge is 0.244 e. The van der Waals surface area contributed by atoms with Gasteiger partial charge in [-0.1, -0.05) is 54.6 Å². The fraction of sp³-hybridized carbons (Fsp3) is 0.355. The van der Waals surface area contributed by atoms with Crippen molar-refractivity contribution in [1.29, 1.82) is 0 Å². The Bertz CT molecular complexity index is 1480. The average molecular weight is 580 g/mol. The molecular formula is C31H37N3O6S. The molecule has 0 fully saturated rings. The maximum absolute atomic E-state index is 14.2. The van der Waals surface area contributed by atoms with E-state index in [1.165, 1.54) is 11.8 Å². The van der Waals surface area contributed by atoms with E-state index in [1.54, 1.807) is 18.2 Å². The number of fused-ring (bicyclic) bond motifs is 1. The molecule has 0 saturated heterocycles. The quantitative estimate of drug-likeness (QED) is 0.347. The van der Waals surface area contributed by atoms with Crippen LogP contribution in [0.2, 0.25) is 0 Å². The Morgan fingerprint density at radius 2 is 1.63 bits per heavy atom. The number of amides is 2. The highest BCUT2D eigenvalue weighted by molar-refractivity contribution is 7.92. The highest BCUT2D eigenvalue weighted by Crippen LogP contribution is 2.36. The van der Waals surface area contributed by atoms with Crippen LogP contribution in [0.4, 0.5) is 5.69 Å². The van der Waals surface area contributed by atoms with E-state index >= 15 is 0 Å². The van der Waals surface area contributed by atoms with Gasteiger partial charge >= 0.3 is 0 Å². The Hall–Kier alpha value is -4.05. The molecule has 218 valence electrons. The van der Waals surface area contributed by atoms with E-state index in [9.17, 15) is 18.0 Å². The number of aryl methyl sites for hydroxylation is 1. The lowest BCUT2D eigenvalue weighted by atomic mass is 10.0. The molecule has 0 aliphatic carbocycles. The third-order valence-corrected chi connectivity index (χ3v) is 8.67. The number of carbonyl (C=O) groups excluding carboxylic acids is 2. The maximum atomic E-state index is 14.2. The molecule has 0 spiro atoms. The van der Waals surface area contributed by atoms with Crippen molar-refractivity contribution in [2.24, 2.45) is 0 Å². The molecular weight excluding hydrogens is 542 g/mol. The minimum absolute atomic E-state index is 0.0363. The minimum Gasteiger partial charge on any atom is -0.454 e. The van der Waals surface area contributed by atoms with E-state index in [0.717, 1.165) is 21.0 Å². The zero-order valence-corrected chi connectivity index (χ0v) is 24.7. The molecule has 1 aliphatic heterocycles. The van der Waals surface area contributed by atoms with E-state index in [0.29, 0.717) is 11.5 Å². The number of ether oxygens (including phenoxy) is 2. The van der Waals surface area contributed by atoms with Crippen molar-refractivity contribution in [2.45, 2.75) is 52.7 Å². The highest BCUT2D eigenvalue weighted by atomic mass is 32.2. The van der Waals surface area contributed by atoms with Gasteiger partial charge in [-0.15, -0.1) is 0 Å². The van der Waals surface area contributed by atoms with E-state index < -0.39 is 28.5 Å². The fourth-order valence-electron chi connectivity index (χ4n) is 4.67. The summed E-state index contributed by atoms with van der Waals surface area (Å²) >= 11 is 0. The molecule has 1 heterocycles. The molecule has 9 nitrogen and oxygen atoms in total. The van der Waals surface area contributed by atoms with Crippen molar-refractivity contribution in [1.82, 2.24) is 10.2 Å². The lowest BCUT2D eigenvalue weighted by Crippen LogP contribution is -2.54. The van der Waals surface area contributed by atoms with Crippen LogP contribution in [-0.2, 0) is 32.6 Å². The van der Waals surface area contributed by atoms with Crippen molar-refractivity contribution in [3.63, 3.8) is 0 Å². The number of anilines is 1. The van der Waals surface area contributed by atoms with Crippen molar-refractivity contribution >= 4 is 27.5 Å². The molecule has 0 unspecified atom stereocenters. The van der Waals surface area contributed by atoms with Gasteiger partial charge in [-0.3, -0.25) is 13.9 Å². The van der Waals surface area contributed by atoms with Crippen LogP contribution in [0.5, 0.6) is 11.5 Å². The molecule has 2 amide bonds. The predicted molar refractivity (Wildman–Crippen MR) is 158 cm³/mol. The standard InChI is InChI=1S/C31H37N3O6S/c1-5-41(37,38)34(26-15-16-28-29(18-26)40-21-39-28)20-30(35)33(19-25-14-10-9-11-23(25)4)27(31(36)32-22(2)3)17-24-12-7-6-8-13-24/h6-16,18,22,27H,5,17,19-21H2,1-4H3,(H,32,36)/t27-/m0/s1. The Morgan fingerprint density at radius 1 is 0.951 bits per heavy atom. The zero-order valence-electron chi connectivity index (χ0n) is 23.9. The van der Waals surface area contributed by atoms with Crippen molar-refractivity contribution in [3.05, 3.63) is 89.5 Å². The van der Waals surface area contributed by atoms with Crippen LogP contribution < -0.4 is 19.1 Å². The topological polar surface area (TPSA) is 105 Å². The number of carbonyl (C=O) groups is 2. The number of hydrogen-bond donors (Lipinski definition) is 1. The Kier molecular flexibility index (Phi) is 9.54. The van der Waals surface area contributed by atoms with Crippen molar-refractivity contribution < 1.29 is 27.5 Å². The van der Waals surface area contributed by atoms with Crippen LogP contribution >= 0.6 is 0 Å². The number of nitrogens with one attached hydrogen (secondary N) is 1. The first-order chi connectivity index (χ1) is 19.6. The first kappa shape index (κ1) is 29.9. The molecule has 1 N–H and O–H groups in total. The Labute approximate surface area is 242 Å². The molecule has 41 heavy (non-hydrogen) atoms. The number of sulfonamides is 1. The first-order valence-electron chi connectivity index (χ1n) is 13.7. The second-order valence-electron chi connectivity index (χ2n) is 10.3. The summed E-state index contributed by atoms with van der Waals surface area (Å²) in [5, 5.41) is 2.96. The Morgan fingerprint density at radius 3 is 2.32 bits per heavy atom. The van der Waals surface area contributed by atoms with Gasteiger partial charge in [0.15, 0.2) is 11.5 Å². The molecule has 0 radical (unpaired) electrons. The van der Waals surface area contributed by atoms with Gasteiger partial charge in [-0.05, 0) is 56.5 Å². The second kappa shape index (κ2) is 13.1. The molecule has 0 aromatic heterocycles. The zero-order chi connectivity index (χ0) is 29.6. The summed E-state index contributed by atoms with van der Waals surface area (Å²) in [6.45, 7) is 6.88. The number of hydrogen-bond acceptors (Lipinski definition) is 6. The van der Waals surface area contributed by atoms with Crippen molar-refractivity contribution in [2.75, 3.05) is 23.4 Å². The van der Waals surface area contributed by atoms with Gasteiger partial charge in [0.2, 0.25) is 28.6 Å². The lowest BCUT2D eigenvalue weighted by molar-refractivity contribution is -0.140. The largest absolute Gasteiger partial charge is 0.454 e. The van der Waals surface area contributed by atoms with Gasteiger partial charge < -0.3 is 19.7 Å². The third kappa shape index (κ3) is 7.38. The molecule has 4 rings (SSSR count). The van der Waals surface area contributed by atoms with E-state index in [4.69, 9.17) is 9.47 Å². The second-order valence-corrected chi connectivity index (χ2v) is 12.4. The van der Waals surface area contributed by atoms with E-state index in [1.807, 2.05) is 75.4 Å². The molecule has 10 heteroatoms. The first-order valence-corrected chi connectivity index (χ1v) is 15.3. The summed E-state index contributed by atoms with van der Waals surface area (Å²) in [6, 6.07) is 20.9. The van der Waals surface area contributed by atoms with Crippen LogP contribution in [0.1, 0.15) is 37.5 Å². The number of rotatable bonds is 12. The van der Waals surface area contributed by atoms with Gasteiger partial charge in [-0.25, -0.2) is 8.42 Å². The van der Waals surface area contributed by atoms with Crippen LogP contribution in [0.15, 0.2) is 72.8 Å². The average Bonchev–Trinajstić information content (AvgIpc) is 3.42. The van der Waals surface area contributed by atoms with Gasteiger partial charge in [0.25, 0.3) is 0 Å². The summed E-state index contributed by atoms with van der Waals surface area (Å²) in [5.41, 5.74) is 2.99. The van der Waals surface area contributed by atoms with E-state index in [2.05, 4.69) is 5.32 Å². The predicted octanol–water partition coefficient (Wildman–Crippen LogP) is 4.04. The van der Waals surface area contributed by atoms with Crippen LogP contribution in [0.3, 0.4) is 0 Å². The summed E-state index contributed by atoms with van der Waals surface area (Å²) < 4.78 is 38.6. The fourth-order valence-corrected chi connectivity index (χ4v) is 5.72. The normalized spacial score (nSPS) is 13.1. The summed E-state index contributed by atoms with van der Waals surface area (Å²) in [5.74, 6) is -0.112. The van der Waals surface area contributed by atoms with Crippen LogP contribution in [-0.4, -0.2) is 56.3 Å². The molecule has 3 aromatic carbocycles. The highest BCUT2D eigenvalue weighted by Gasteiger charge is 2.34. The third-order valence-electron chi connectivity index (χ3n) is 6.93. The SMILES string of the molecule is CCS(=O)(=O)N(CC(=O)N(Cc1ccccc1C)[C@@H](Cc1ccccc1)C(=O)NC(C)C)c1ccc2c(c1)OCO2. The molecule has 1 aliphatic rings. The molecule has 3 aromatic rings. The maximum Gasteiger partial charge on any atom is 0.244 e. The summed E-state index contributed by atoms with van der Waals surface area (Å²) in [6.07, 6.45) is 0.265. The van der Waals surface area contributed by atoms with Gasteiger partial charge in [0.05, 0.1) is 11.4 Å². The molecule has 0 bridgehead atoms. The monoisotopic (exact) mass is 579 g/mol. The minimum atomic E-state index is -3.88. The Balaban J connectivity index is 1.75. The number of benzene rings is 3. The van der Waals surface area contributed by atoms with E-state index in [-0.39, 0.29) is 43.1 Å². The van der Waals surface area contributed by atoms with Crippen LogP contribution in [0, 0.1) is 6.92 Å². The molecule has 0 saturated carbocycles. The summed E-state index contributed by atoms with van der Waals surface area (Å²) in [4.78, 5) is 29.4. The number of nitrogens with zero attached hydrogens (tertiary/aromatic N) is 2.